The summed E-state index contributed by atoms with van der Waals surface area (Å²) in [6.07, 6.45) is 0. The van der Waals surface area contributed by atoms with Crippen LogP contribution in [0, 0.1) is 0 Å². The third-order valence-electron chi connectivity index (χ3n) is 8.16. The molecule has 0 aliphatic carbocycles. The number of hydrogen-bond acceptors (Lipinski definition) is 5. The van der Waals surface area contributed by atoms with E-state index in [4.69, 9.17) is 23.8 Å². The lowest BCUT2D eigenvalue weighted by molar-refractivity contribution is 0.668. The monoisotopic (exact) mass is 565 g/mol. The van der Waals surface area contributed by atoms with Crippen molar-refractivity contribution in [3.05, 3.63) is 140 Å². The van der Waals surface area contributed by atoms with Gasteiger partial charge in [-0.15, -0.1) is 0 Å². The molecule has 0 saturated carbocycles. The molecule has 9 aromatic rings. The maximum Gasteiger partial charge on any atom is 0.167 e. The van der Waals surface area contributed by atoms with Gasteiger partial charge in [-0.2, -0.15) is 0 Å². The van der Waals surface area contributed by atoms with Crippen LogP contribution in [0.4, 0.5) is 0 Å². The first-order chi connectivity index (χ1) is 21.8. The molecule has 0 fully saturated rings. The summed E-state index contributed by atoms with van der Waals surface area (Å²) in [4.78, 5) is 15.2. The molecule has 6 aromatic carbocycles. The van der Waals surface area contributed by atoms with Gasteiger partial charge in [-0.3, -0.25) is 0 Å². The SMILES string of the molecule is c1ccc(-c2ccc3oc4cccc(-c5nc(-c6ccccc6)nc(-c6cccc7c6oc6ccccc67)n5)c4c3c2)cc1. The van der Waals surface area contributed by atoms with Crippen LogP contribution in [0.2, 0.25) is 0 Å². The van der Waals surface area contributed by atoms with Crippen LogP contribution in [-0.2, 0) is 0 Å². The summed E-state index contributed by atoms with van der Waals surface area (Å²) in [7, 11) is 0. The molecule has 0 spiro atoms. The molecule has 5 heteroatoms. The highest BCUT2D eigenvalue weighted by Gasteiger charge is 2.20. The number of aromatic nitrogens is 3. The van der Waals surface area contributed by atoms with Gasteiger partial charge in [0.15, 0.2) is 17.5 Å². The Labute approximate surface area is 252 Å². The fourth-order valence-corrected chi connectivity index (χ4v) is 6.08. The lowest BCUT2D eigenvalue weighted by Gasteiger charge is -2.09. The van der Waals surface area contributed by atoms with Gasteiger partial charge in [-0.05, 0) is 41.5 Å². The smallest absolute Gasteiger partial charge is 0.167 e. The molecule has 0 atom stereocenters. The highest BCUT2D eigenvalue weighted by molar-refractivity contribution is 6.13. The average molecular weight is 566 g/mol. The maximum absolute atomic E-state index is 6.38. The van der Waals surface area contributed by atoms with E-state index >= 15 is 0 Å². The van der Waals surface area contributed by atoms with Crippen molar-refractivity contribution in [2.24, 2.45) is 0 Å². The third-order valence-corrected chi connectivity index (χ3v) is 8.16. The number of hydrogen-bond donors (Lipinski definition) is 0. The normalized spacial score (nSPS) is 11.6. The minimum Gasteiger partial charge on any atom is -0.456 e. The molecule has 9 rings (SSSR count). The highest BCUT2D eigenvalue weighted by atomic mass is 16.3. The van der Waals surface area contributed by atoms with Crippen molar-refractivity contribution in [3.8, 4) is 45.3 Å². The number of benzene rings is 6. The van der Waals surface area contributed by atoms with Crippen LogP contribution in [0.1, 0.15) is 0 Å². The summed E-state index contributed by atoms with van der Waals surface area (Å²) in [5, 5.41) is 4.07. The van der Waals surface area contributed by atoms with Crippen LogP contribution in [0.25, 0.3) is 89.2 Å². The third kappa shape index (κ3) is 3.91. The highest BCUT2D eigenvalue weighted by Crippen LogP contribution is 2.39. The molecule has 44 heavy (non-hydrogen) atoms. The van der Waals surface area contributed by atoms with E-state index in [2.05, 4.69) is 54.6 Å². The predicted molar refractivity (Wildman–Crippen MR) is 176 cm³/mol. The summed E-state index contributed by atoms with van der Waals surface area (Å²) >= 11 is 0. The van der Waals surface area contributed by atoms with Gasteiger partial charge >= 0.3 is 0 Å². The first kappa shape index (κ1) is 24.5. The number of para-hydroxylation sites is 2. The van der Waals surface area contributed by atoms with Crippen LogP contribution in [0.15, 0.2) is 148 Å². The van der Waals surface area contributed by atoms with Gasteiger partial charge < -0.3 is 8.83 Å². The molecule has 5 nitrogen and oxygen atoms in total. The van der Waals surface area contributed by atoms with Crippen LogP contribution in [0.3, 0.4) is 0 Å². The van der Waals surface area contributed by atoms with E-state index in [1.807, 2.05) is 84.9 Å². The number of rotatable bonds is 4. The van der Waals surface area contributed by atoms with E-state index in [1.165, 1.54) is 0 Å². The second-order valence-electron chi connectivity index (χ2n) is 10.8. The van der Waals surface area contributed by atoms with Crippen LogP contribution in [-0.4, -0.2) is 15.0 Å². The topological polar surface area (TPSA) is 65.0 Å². The molecule has 0 aliphatic rings. The predicted octanol–water partition coefficient (Wildman–Crippen LogP) is 10.3. The lowest BCUT2D eigenvalue weighted by Crippen LogP contribution is -2.00. The van der Waals surface area contributed by atoms with Crippen LogP contribution >= 0.6 is 0 Å². The zero-order valence-electron chi connectivity index (χ0n) is 23.4. The van der Waals surface area contributed by atoms with Crippen molar-refractivity contribution in [3.63, 3.8) is 0 Å². The second kappa shape index (κ2) is 9.75. The molecule has 0 saturated heterocycles. The molecule has 0 bridgehead atoms. The van der Waals surface area contributed by atoms with Crippen molar-refractivity contribution in [2.75, 3.05) is 0 Å². The molecule has 0 N–H and O–H groups in total. The Bertz CT molecular complexity index is 2500. The zero-order chi connectivity index (χ0) is 29.0. The van der Waals surface area contributed by atoms with E-state index in [0.717, 1.165) is 71.7 Å². The standard InChI is InChI=1S/C39H23N3O2/c1-3-11-24(12-4-1)26-21-22-33-31(23-26)35-29(17-10-20-34(35)43-33)38-40-37(25-13-5-2-6-14-25)41-39(42-38)30-18-9-16-28-27-15-7-8-19-32(27)44-36(28)30/h1-23H. The summed E-state index contributed by atoms with van der Waals surface area (Å²) in [5.74, 6) is 1.71. The Hall–Kier alpha value is -6.07. The number of fused-ring (bicyclic) bond motifs is 6. The van der Waals surface area contributed by atoms with Crippen LogP contribution < -0.4 is 0 Å². The van der Waals surface area contributed by atoms with Gasteiger partial charge in [0.25, 0.3) is 0 Å². The molecule has 3 heterocycles. The van der Waals surface area contributed by atoms with E-state index in [1.54, 1.807) is 0 Å². The molecular weight excluding hydrogens is 542 g/mol. The first-order valence-corrected chi connectivity index (χ1v) is 14.5. The Morgan fingerprint density at radius 2 is 0.977 bits per heavy atom. The zero-order valence-corrected chi connectivity index (χ0v) is 23.4. The van der Waals surface area contributed by atoms with E-state index in [0.29, 0.717) is 17.5 Å². The summed E-state index contributed by atoms with van der Waals surface area (Å²) in [5.41, 5.74) is 8.05. The largest absolute Gasteiger partial charge is 0.456 e. The number of furan rings is 2. The fraction of sp³-hybridized carbons (Fsp3) is 0. The summed E-state index contributed by atoms with van der Waals surface area (Å²) < 4.78 is 12.7. The van der Waals surface area contributed by atoms with Gasteiger partial charge in [0, 0.05) is 32.7 Å². The molecular formula is C39H23N3O2. The Kier molecular flexibility index (Phi) is 5.43. The van der Waals surface area contributed by atoms with Crippen molar-refractivity contribution in [1.82, 2.24) is 15.0 Å². The summed E-state index contributed by atoms with van der Waals surface area (Å²) in [6.45, 7) is 0. The van der Waals surface area contributed by atoms with Gasteiger partial charge in [0.05, 0.1) is 5.56 Å². The fourth-order valence-electron chi connectivity index (χ4n) is 6.08. The molecule has 3 aromatic heterocycles. The minimum atomic E-state index is 0.549. The van der Waals surface area contributed by atoms with Gasteiger partial charge in [0.1, 0.15) is 22.3 Å². The first-order valence-electron chi connectivity index (χ1n) is 14.5. The van der Waals surface area contributed by atoms with E-state index in [-0.39, 0.29) is 0 Å². The van der Waals surface area contributed by atoms with Gasteiger partial charge in [-0.25, -0.2) is 15.0 Å². The molecule has 0 amide bonds. The Morgan fingerprint density at radius 1 is 0.364 bits per heavy atom. The van der Waals surface area contributed by atoms with Crippen molar-refractivity contribution >= 4 is 43.9 Å². The van der Waals surface area contributed by atoms with Crippen LogP contribution in [0.5, 0.6) is 0 Å². The molecule has 206 valence electrons. The van der Waals surface area contributed by atoms with Crippen molar-refractivity contribution in [1.29, 1.82) is 0 Å². The average Bonchev–Trinajstić information content (AvgIpc) is 3.67. The van der Waals surface area contributed by atoms with E-state index in [9.17, 15) is 0 Å². The summed E-state index contributed by atoms with van der Waals surface area (Å²) in [6, 6.07) is 47.0. The van der Waals surface area contributed by atoms with Crippen molar-refractivity contribution < 1.29 is 8.83 Å². The lowest BCUT2D eigenvalue weighted by atomic mass is 10.0. The number of nitrogens with zero attached hydrogens (tertiary/aromatic N) is 3. The molecule has 0 aliphatic heterocycles. The van der Waals surface area contributed by atoms with Crippen molar-refractivity contribution in [2.45, 2.75) is 0 Å². The minimum absolute atomic E-state index is 0.549. The molecule has 0 radical (unpaired) electrons. The van der Waals surface area contributed by atoms with Gasteiger partial charge in [-0.1, -0.05) is 109 Å². The quantitative estimate of drug-likeness (QED) is 0.212. The molecule has 0 unspecified atom stereocenters. The second-order valence-corrected chi connectivity index (χ2v) is 10.8. The Balaban J connectivity index is 1.32. The maximum atomic E-state index is 6.38. The Morgan fingerprint density at radius 3 is 1.82 bits per heavy atom. The van der Waals surface area contributed by atoms with Gasteiger partial charge in [0.2, 0.25) is 0 Å². The van der Waals surface area contributed by atoms with E-state index < -0.39 is 0 Å².